The Morgan fingerprint density at radius 3 is 2.95 bits per heavy atom. The number of benzene rings is 1. The van der Waals surface area contributed by atoms with Crippen molar-refractivity contribution in [2.75, 3.05) is 13.1 Å². The summed E-state index contributed by atoms with van der Waals surface area (Å²) in [6.45, 7) is 6.27. The van der Waals surface area contributed by atoms with Crippen LogP contribution in [0.5, 0.6) is 0 Å². The molecule has 1 aliphatic rings. The van der Waals surface area contributed by atoms with Crippen molar-refractivity contribution in [2.45, 2.75) is 32.5 Å². The smallest absolute Gasteiger partial charge is 0.252 e. The third-order valence-electron chi connectivity index (χ3n) is 3.50. The molecule has 0 radical (unpaired) electrons. The maximum Gasteiger partial charge on any atom is 0.252 e. The van der Waals surface area contributed by atoms with Crippen LogP contribution in [0.1, 0.15) is 29.8 Å². The van der Waals surface area contributed by atoms with Crippen molar-refractivity contribution in [1.82, 2.24) is 15.5 Å². The van der Waals surface area contributed by atoms with Crippen molar-refractivity contribution in [1.29, 1.82) is 0 Å². The molecule has 0 aliphatic carbocycles. The third-order valence-corrected chi connectivity index (χ3v) is 3.50. The van der Waals surface area contributed by atoms with Crippen LogP contribution in [0.2, 0.25) is 0 Å². The molecule has 2 heterocycles. The molecule has 1 aromatic heterocycles. The normalized spacial score (nSPS) is 16.9. The minimum Gasteiger partial charge on any atom is -0.363 e. The number of nitrogens with zero attached hydrogens (tertiary/aromatic N) is 2. The van der Waals surface area contributed by atoms with Crippen LogP contribution < -0.4 is 5.32 Å². The second-order valence-corrected chi connectivity index (χ2v) is 5.61. The van der Waals surface area contributed by atoms with Gasteiger partial charge in [-0.2, -0.15) is 4.98 Å². The van der Waals surface area contributed by atoms with Gasteiger partial charge < -0.3 is 14.6 Å². The van der Waals surface area contributed by atoms with Crippen LogP contribution in [-0.2, 0) is 17.8 Å². The summed E-state index contributed by atoms with van der Waals surface area (Å²) in [5.41, 5.74) is 2.33. The molecule has 0 unspecified atom stereocenters. The van der Waals surface area contributed by atoms with E-state index in [0.717, 1.165) is 13.1 Å². The van der Waals surface area contributed by atoms with Gasteiger partial charge in [-0.1, -0.05) is 35.0 Å². The number of hydrogen-bond acceptors (Lipinski definition) is 5. The van der Waals surface area contributed by atoms with E-state index in [4.69, 9.17) is 9.26 Å². The monoisotopic (exact) mass is 273 g/mol. The standard InChI is InChI=1S/C15H19N3O2/c1-11-4-3-5-12(6-11)7-13-17-14(20-18-13)8-19-15(2)9-16-10-15/h3-6,16H,7-10H2,1-2H3. The highest BCUT2D eigenvalue weighted by Gasteiger charge is 2.32. The van der Waals surface area contributed by atoms with E-state index in [1.165, 1.54) is 11.1 Å². The van der Waals surface area contributed by atoms with Crippen LogP contribution in [0.4, 0.5) is 0 Å². The van der Waals surface area contributed by atoms with Crippen molar-refractivity contribution in [2.24, 2.45) is 0 Å². The fourth-order valence-corrected chi connectivity index (χ4v) is 2.24. The number of nitrogens with one attached hydrogen (secondary N) is 1. The minimum atomic E-state index is -0.0921. The Morgan fingerprint density at radius 2 is 2.25 bits per heavy atom. The van der Waals surface area contributed by atoms with Gasteiger partial charge in [-0.25, -0.2) is 0 Å². The maximum atomic E-state index is 5.78. The van der Waals surface area contributed by atoms with Gasteiger partial charge in [-0.3, -0.25) is 0 Å². The lowest BCUT2D eigenvalue weighted by molar-refractivity contribution is -0.0841. The Kier molecular flexibility index (Phi) is 3.54. The lowest BCUT2D eigenvalue weighted by atomic mass is 10.0. The van der Waals surface area contributed by atoms with Crippen molar-refractivity contribution in [3.8, 4) is 0 Å². The van der Waals surface area contributed by atoms with Crippen molar-refractivity contribution in [3.05, 3.63) is 47.1 Å². The van der Waals surface area contributed by atoms with E-state index in [0.29, 0.717) is 24.7 Å². The zero-order chi connectivity index (χ0) is 14.0. The first-order valence-corrected chi connectivity index (χ1v) is 6.85. The summed E-state index contributed by atoms with van der Waals surface area (Å²) in [6, 6.07) is 8.32. The molecule has 1 aliphatic heterocycles. The summed E-state index contributed by atoms with van der Waals surface area (Å²) in [5.74, 6) is 1.24. The molecule has 1 aromatic carbocycles. The number of ether oxygens (including phenoxy) is 1. The van der Waals surface area contributed by atoms with Crippen LogP contribution in [0, 0.1) is 6.92 Å². The molecule has 0 bridgehead atoms. The minimum absolute atomic E-state index is 0.0921. The Morgan fingerprint density at radius 1 is 1.40 bits per heavy atom. The first-order valence-electron chi connectivity index (χ1n) is 6.85. The quantitative estimate of drug-likeness (QED) is 0.901. The topological polar surface area (TPSA) is 60.2 Å². The average Bonchev–Trinajstić information content (AvgIpc) is 2.82. The van der Waals surface area contributed by atoms with Gasteiger partial charge in [0, 0.05) is 19.5 Å². The molecule has 0 spiro atoms. The molecule has 0 atom stereocenters. The lowest BCUT2D eigenvalue weighted by Crippen LogP contribution is -2.58. The molecule has 1 N–H and O–H groups in total. The van der Waals surface area contributed by atoms with E-state index >= 15 is 0 Å². The van der Waals surface area contributed by atoms with Gasteiger partial charge in [0.05, 0.1) is 5.60 Å². The van der Waals surface area contributed by atoms with Gasteiger partial charge in [0.15, 0.2) is 5.82 Å². The van der Waals surface area contributed by atoms with Gasteiger partial charge in [0.1, 0.15) is 6.61 Å². The van der Waals surface area contributed by atoms with Crippen molar-refractivity contribution in [3.63, 3.8) is 0 Å². The molecule has 0 amide bonds. The molecule has 3 rings (SSSR count). The predicted molar refractivity (Wildman–Crippen MR) is 74.3 cm³/mol. The largest absolute Gasteiger partial charge is 0.363 e. The molecule has 20 heavy (non-hydrogen) atoms. The molecule has 0 saturated carbocycles. The highest BCUT2D eigenvalue weighted by Crippen LogP contribution is 2.17. The molecule has 5 heteroatoms. The van der Waals surface area contributed by atoms with E-state index in [9.17, 15) is 0 Å². The second-order valence-electron chi connectivity index (χ2n) is 5.61. The lowest BCUT2D eigenvalue weighted by Gasteiger charge is -2.38. The number of aromatic nitrogens is 2. The predicted octanol–water partition coefficient (Wildman–Crippen LogP) is 1.85. The Bertz CT molecular complexity index is 590. The molecular formula is C15H19N3O2. The second kappa shape index (κ2) is 5.34. The van der Waals surface area contributed by atoms with Gasteiger partial charge in [-0.15, -0.1) is 0 Å². The van der Waals surface area contributed by atoms with Gasteiger partial charge in [0.25, 0.3) is 5.89 Å². The summed E-state index contributed by atoms with van der Waals surface area (Å²) < 4.78 is 11.0. The zero-order valence-corrected chi connectivity index (χ0v) is 11.8. The van der Waals surface area contributed by atoms with Crippen molar-refractivity contribution >= 4 is 0 Å². The fraction of sp³-hybridized carbons (Fsp3) is 0.467. The summed E-state index contributed by atoms with van der Waals surface area (Å²) in [6.07, 6.45) is 0.685. The van der Waals surface area contributed by atoms with Crippen LogP contribution in [0.25, 0.3) is 0 Å². The molecule has 2 aromatic rings. The van der Waals surface area contributed by atoms with E-state index in [1.807, 2.05) is 6.07 Å². The van der Waals surface area contributed by atoms with E-state index in [-0.39, 0.29) is 5.60 Å². The van der Waals surface area contributed by atoms with Crippen LogP contribution in [-0.4, -0.2) is 28.8 Å². The number of rotatable bonds is 5. The number of aryl methyl sites for hydroxylation is 1. The Balaban J connectivity index is 1.59. The number of hydrogen-bond donors (Lipinski definition) is 1. The summed E-state index contributed by atoms with van der Waals surface area (Å²) >= 11 is 0. The average molecular weight is 273 g/mol. The van der Waals surface area contributed by atoms with E-state index < -0.39 is 0 Å². The first kappa shape index (κ1) is 13.3. The molecule has 1 fully saturated rings. The van der Waals surface area contributed by atoms with Crippen LogP contribution >= 0.6 is 0 Å². The van der Waals surface area contributed by atoms with Gasteiger partial charge in [0.2, 0.25) is 0 Å². The van der Waals surface area contributed by atoms with Gasteiger partial charge in [-0.05, 0) is 19.4 Å². The first-order chi connectivity index (χ1) is 9.63. The highest BCUT2D eigenvalue weighted by molar-refractivity contribution is 5.24. The zero-order valence-electron chi connectivity index (χ0n) is 11.8. The highest BCUT2D eigenvalue weighted by atomic mass is 16.5. The van der Waals surface area contributed by atoms with E-state index in [1.54, 1.807) is 0 Å². The van der Waals surface area contributed by atoms with Crippen LogP contribution in [0.15, 0.2) is 28.8 Å². The van der Waals surface area contributed by atoms with Crippen LogP contribution in [0.3, 0.4) is 0 Å². The Hall–Kier alpha value is -1.72. The van der Waals surface area contributed by atoms with Gasteiger partial charge >= 0.3 is 0 Å². The van der Waals surface area contributed by atoms with Crippen molar-refractivity contribution < 1.29 is 9.26 Å². The molecular weight excluding hydrogens is 254 g/mol. The summed E-state index contributed by atoms with van der Waals surface area (Å²) in [7, 11) is 0. The SMILES string of the molecule is Cc1cccc(Cc2noc(COC3(C)CNC3)n2)c1. The molecule has 1 saturated heterocycles. The maximum absolute atomic E-state index is 5.78. The van der Waals surface area contributed by atoms with E-state index in [2.05, 4.69) is 47.5 Å². The summed E-state index contributed by atoms with van der Waals surface area (Å²) in [4.78, 5) is 4.37. The summed E-state index contributed by atoms with van der Waals surface area (Å²) in [5, 5.41) is 7.19. The third kappa shape index (κ3) is 3.05. The molecule has 106 valence electrons. The fourth-order valence-electron chi connectivity index (χ4n) is 2.24. The Labute approximate surface area is 118 Å². The molecule has 5 nitrogen and oxygen atoms in total.